The fourth-order valence-electron chi connectivity index (χ4n) is 5.98. The number of unbranched alkanes of at least 4 members (excludes halogenated alkanes) is 23. The highest BCUT2D eigenvalue weighted by molar-refractivity contribution is 5.76. The van der Waals surface area contributed by atoms with Crippen LogP contribution in [0.5, 0.6) is 0 Å². The Morgan fingerprint density at radius 3 is 1.43 bits per heavy atom. The van der Waals surface area contributed by atoms with Gasteiger partial charge in [0.25, 0.3) is 0 Å². The third-order valence-corrected chi connectivity index (χ3v) is 9.15. The predicted molar refractivity (Wildman–Crippen MR) is 204 cm³/mol. The van der Waals surface area contributed by atoms with E-state index in [2.05, 4.69) is 43.5 Å². The van der Waals surface area contributed by atoms with Crippen LogP contribution in [0.2, 0.25) is 0 Å². The van der Waals surface area contributed by atoms with Crippen molar-refractivity contribution < 1.29 is 20.1 Å². The second-order valence-corrected chi connectivity index (χ2v) is 13.9. The Hall–Kier alpha value is -1.43. The molecule has 0 aliphatic rings. The van der Waals surface area contributed by atoms with Gasteiger partial charge >= 0.3 is 0 Å². The van der Waals surface area contributed by atoms with Gasteiger partial charge in [-0.25, -0.2) is 0 Å². The molecular weight excluding hydrogens is 582 g/mol. The number of allylic oxidation sites excluding steroid dienone is 5. The number of amides is 1. The van der Waals surface area contributed by atoms with Gasteiger partial charge < -0.3 is 20.6 Å². The highest BCUT2D eigenvalue weighted by Crippen LogP contribution is 2.15. The van der Waals surface area contributed by atoms with Crippen molar-refractivity contribution in [1.82, 2.24) is 5.32 Å². The number of hydrogen-bond donors (Lipinski definition) is 4. The fourth-order valence-corrected chi connectivity index (χ4v) is 5.98. The van der Waals surface area contributed by atoms with Gasteiger partial charge in [-0.3, -0.25) is 4.79 Å². The maximum absolute atomic E-state index is 12.3. The van der Waals surface area contributed by atoms with Gasteiger partial charge in [-0.05, 0) is 51.4 Å². The number of rotatable bonds is 36. The zero-order valence-electron chi connectivity index (χ0n) is 31.2. The van der Waals surface area contributed by atoms with Crippen LogP contribution in [-0.4, -0.2) is 46.1 Å². The summed E-state index contributed by atoms with van der Waals surface area (Å²) in [5.41, 5.74) is 0. The van der Waals surface area contributed by atoms with Crippen LogP contribution in [0.15, 0.2) is 36.5 Å². The maximum Gasteiger partial charge on any atom is 0.222 e. The van der Waals surface area contributed by atoms with Crippen LogP contribution in [0.25, 0.3) is 0 Å². The molecule has 1 amide bonds. The number of carbonyl (C=O) groups excluding carboxylic acids is 1. The lowest BCUT2D eigenvalue weighted by Gasteiger charge is -2.20. The van der Waals surface area contributed by atoms with Crippen LogP contribution in [-0.2, 0) is 4.79 Å². The van der Waals surface area contributed by atoms with E-state index in [-0.39, 0.29) is 18.9 Å². The molecule has 0 rings (SSSR count). The fraction of sp³-hybridized carbons (Fsp3) is 0.833. The number of aliphatic hydroxyl groups excluding tert-OH is 3. The molecule has 0 saturated heterocycles. The van der Waals surface area contributed by atoms with Gasteiger partial charge in [0.05, 0.1) is 31.3 Å². The van der Waals surface area contributed by atoms with Gasteiger partial charge in [-0.15, -0.1) is 0 Å². The summed E-state index contributed by atoms with van der Waals surface area (Å²) in [7, 11) is 0. The van der Waals surface area contributed by atoms with Crippen LogP contribution in [0.4, 0.5) is 0 Å². The van der Waals surface area contributed by atoms with Gasteiger partial charge in [-0.2, -0.15) is 0 Å². The van der Waals surface area contributed by atoms with E-state index >= 15 is 0 Å². The molecular formula is C42H79NO4. The lowest BCUT2D eigenvalue weighted by molar-refractivity contribution is -0.124. The summed E-state index contributed by atoms with van der Waals surface area (Å²) in [6, 6.07) is -0.763. The Balaban J connectivity index is 3.69. The monoisotopic (exact) mass is 662 g/mol. The van der Waals surface area contributed by atoms with Gasteiger partial charge in [0.2, 0.25) is 5.91 Å². The summed E-state index contributed by atoms with van der Waals surface area (Å²) in [6.07, 6.45) is 45.8. The molecule has 47 heavy (non-hydrogen) atoms. The highest BCUT2D eigenvalue weighted by atomic mass is 16.3. The zero-order chi connectivity index (χ0) is 34.5. The summed E-state index contributed by atoms with van der Waals surface area (Å²) in [5, 5.41) is 33.0. The number of carbonyl (C=O) groups is 1. The molecule has 5 nitrogen and oxygen atoms in total. The third-order valence-electron chi connectivity index (χ3n) is 9.15. The van der Waals surface area contributed by atoms with Gasteiger partial charge in [0, 0.05) is 0 Å². The molecule has 276 valence electrons. The van der Waals surface area contributed by atoms with E-state index in [1.807, 2.05) is 6.08 Å². The Morgan fingerprint density at radius 2 is 0.936 bits per heavy atom. The molecule has 0 heterocycles. The molecule has 0 bridgehead atoms. The van der Waals surface area contributed by atoms with Crippen LogP contribution >= 0.6 is 0 Å². The lowest BCUT2D eigenvalue weighted by Crippen LogP contribution is -2.45. The van der Waals surface area contributed by atoms with Crippen molar-refractivity contribution in [3.05, 3.63) is 36.5 Å². The largest absolute Gasteiger partial charge is 0.394 e. The smallest absolute Gasteiger partial charge is 0.222 e. The molecule has 4 N–H and O–H groups in total. The van der Waals surface area contributed by atoms with Gasteiger partial charge in [0.1, 0.15) is 0 Å². The minimum Gasteiger partial charge on any atom is -0.394 e. The zero-order valence-corrected chi connectivity index (χ0v) is 31.2. The molecule has 0 radical (unpaired) electrons. The van der Waals surface area contributed by atoms with Crippen molar-refractivity contribution in [3.8, 4) is 0 Å². The van der Waals surface area contributed by atoms with Gasteiger partial charge in [-0.1, -0.05) is 179 Å². The van der Waals surface area contributed by atoms with E-state index in [0.717, 1.165) is 51.4 Å². The van der Waals surface area contributed by atoms with Gasteiger partial charge in [0.15, 0.2) is 0 Å². The molecule has 5 heteroatoms. The molecule has 0 saturated carbocycles. The molecule has 3 atom stereocenters. The van der Waals surface area contributed by atoms with E-state index < -0.39 is 18.2 Å². The Bertz CT molecular complexity index is 734. The van der Waals surface area contributed by atoms with E-state index in [0.29, 0.717) is 6.42 Å². The normalized spacial score (nSPS) is 14.1. The molecule has 3 unspecified atom stereocenters. The molecule has 0 aromatic carbocycles. The third kappa shape index (κ3) is 34.2. The summed E-state index contributed by atoms with van der Waals surface area (Å²) >= 11 is 0. The van der Waals surface area contributed by atoms with Crippen molar-refractivity contribution in [2.45, 2.75) is 218 Å². The van der Waals surface area contributed by atoms with Crippen molar-refractivity contribution in [2.75, 3.05) is 6.61 Å². The second-order valence-electron chi connectivity index (χ2n) is 13.9. The van der Waals surface area contributed by atoms with Crippen molar-refractivity contribution >= 4 is 5.91 Å². The average Bonchev–Trinajstić information content (AvgIpc) is 3.06. The van der Waals surface area contributed by atoms with E-state index in [1.54, 1.807) is 6.08 Å². The van der Waals surface area contributed by atoms with Crippen LogP contribution in [0.1, 0.15) is 200 Å². The predicted octanol–water partition coefficient (Wildman–Crippen LogP) is 11.2. The molecule has 0 aliphatic carbocycles. The minimum atomic E-state index is -0.953. The molecule has 0 fully saturated rings. The maximum atomic E-state index is 12.3. The van der Waals surface area contributed by atoms with Crippen molar-refractivity contribution in [3.63, 3.8) is 0 Å². The van der Waals surface area contributed by atoms with E-state index in [9.17, 15) is 20.1 Å². The highest BCUT2D eigenvalue weighted by Gasteiger charge is 2.20. The number of hydrogen-bond acceptors (Lipinski definition) is 4. The topological polar surface area (TPSA) is 89.8 Å². The number of nitrogens with one attached hydrogen (secondary N) is 1. The minimum absolute atomic E-state index is 0.00586. The molecule has 0 aliphatic heterocycles. The lowest BCUT2D eigenvalue weighted by atomic mass is 10.0. The summed E-state index contributed by atoms with van der Waals surface area (Å²) in [5.74, 6) is -0.338. The molecule has 0 aromatic heterocycles. The summed E-state index contributed by atoms with van der Waals surface area (Å²) < 4.78 is 0. The standard InChI is InChI=1S/C42H79NO4/c1-3-5-7-9-11-13-14-15-16-17-18-19-20-21-22-23-24-25-26-28-30-32-34-36-41(46)40(38-44)43-42(47)37-39(45)35-33-31-29-27-12-10-8-6-4-2/h10,12,26,28,34,36,39-41,44-46H,3-9,11,13-25,27,29-33,35,37-38H2,1-2H3,(H,43,47)/b12-10-,28-26+,36-34+. The van der Waals surface area contributed by atoms with Crippen molar-refractivity contribution in [2.24, 2.45) is 0 Å². The first kappa shape index (κ1) is 45.6. The first-order chi connectivity index (χ1) is 23.0. The molecule has 0 spiro atoms. The first-order valence-electron chi connectivity index (χ1n) is 20.3. The van der Waals surface area contributed by atoms with E-state index in [4.69, 9.17) is 0 Å². The van der Waals surface area contributed by atoms with Crippen LogP contribution in [0.3, 0.4) is 0 Å². The quantitative estimate of drug-likeness (QED) is 0.0397. The van der Waals surface area contributed by atoms with E-state index in [1.165, 1.54) is 122 Å². The Kier molecular flexibility index (Phi) is 36.3. The van der Waals surface area contributed by atoms with Crippen LogP contribution < -0.4 is 5.32 Å². The Labute approximate surface area is 292 Å². The van der Waals surface area contributed by atoms with Crippen molar-refractivity contribution in [1.29, 1.82) is 0 Å². The summed E-state index contributed by atoms with van der Waals surface area (Å²) in [6.45, 7) is 4.14. The SMILES string of the molecule is CCCC/C=C\CCCCCC(O)CC(=O)NC(CO)C(O)/C=C/CC/C=C/CCCCCCCCCCCCCCCCCCC. The average molecular weight is 662 g/mol. The Morgan fingerprint density at radius 1 is 0.532 bits per heavy atom. The summed E-state index contributed by atoms with van der Waals surface area (Å²) in [4.78, 5) is 12.3. The van der Waals surface area contributed by atoms with Crippen LogP contribution in [0, 0.1) is 0 Å². The number of aliphatic hydroxyl groups is 3. The molecule has 0 aromatic rings. The first-order valence-corrected chi connectivity index (χ1v) is 20.3. The second kappa shape index (κ2) is 37.4.